The van der Waals surface area contributed by atoms with Crippen molar-refractivity contribution in [1.82, 2.24) is 4.90 Å². The molecule has 0 saturated carbocycles. The highest BCUT2D eigenvalue weighted by Crippen LogP contribution is 2.20. The maximum atomic E-state index is 12.0. The third-order valence-corrected chi connectivity index (χ3v) is 3.48. The lowest BCUT2D eigenvalue weighted by Crippen LogP contribution is -2.40. The van der Waals surface area contributed by atoms with Crippen molar-refractivity contribution in [3.05, 3.63) is 24.3 Å². The van der Waals surface area contributed by atoms with Gasteiger partial charge < -0.3 is 19.5 Å². The summed E-state index contributed by atoms with van der Waals surface area (Å²) in [7, 11) is 1.57. The number of benzene rings is 1. The van der Waals surface area contributed by atoms with Gasteiger partial charge in [-0.1, -0.05) is 6.07 Å². The average Bonchev–Trinajstić information content (AvgIpc) is 2.97. The lowest BCUT2D eigenvalue weighted by Gasteiger charge is -2.21. The van der Waals surface area contributed by atoms with Crippen molar-refractivity contribution < 1.29 is 24.2 Å². The third kappa shape index (κ3) is 3.87. The highest BCUT2D eigenvalue weighted by atomic mass is 16.5. The van der Waals surface area contributed by atoms with Crippen molar-refractivity contribution in [2.45, 2.75) is 25.3 Å². The number of nitrogens with zero attached hydrogens (tertiary/aromatic N) is 1. The largest absolute Gasteiger partial charge is 0.497 e. The first-order valence-corrected chi connectivity index (χ1v) is 6.91. The van der Waals surface area contributed by atoms with Gasteiger partial charge in [0.05, 0.1) is 20.1 Å². The zero-order chi connectivity index (χ0) is 15.2. The zero-order valence-electron chi connectivity index (χ0n) is 11.9. The number of methoxy groups -OCH3 is 1. The molecule has 0 aromatic heterocycles. The second-order valence-electron chi connectivity index (χ2n) is 4.86. The van der Waals surface area contributed by atoms with Crippen molar-refractivity contribution in [2.24, 2.45) is 0 Å². The quantitative estimate of drug-likeness (QED) is 0.861. The summed E-state index contributed by atoms with van der Waals surface area (Å²) in [5, 5.41) is 9.05. The van der Waals surface area contributed by atoms with Crippen LogP contribution in [0.25, 0.3) is 0 Å². The molecule has 114 valence electrons. The number of likely N-dealkylation sites (tertiary alicyclic amines) is 1. The molecule has 1 saturated heterocycles. The van der Waals surface area contributed by atoms with E-state index in [4.69, 9.17) is 14.6 Å². The first kappa shape index (κ1) is 15.2. The maximum Gasteiger partial charge on any atom is 0.326 e. The lowest BCUT2D eigenvalue weighted by atomic mass is 10.2. The Morgan fingerprint density at radius 1 is 1.38 bits per heavy atom. The molecule has 0 aliphatic carbocycles. The molecule has 1 N–H and O–H groups in total. The summed E-state index contributed by atoms with van der Waals surface area (Å²) in [6, 6.07) is 6.44. The minimum absolute atomic E-state index is 0.168. The summed E-state index contributed by atoms with van der Waals surface area (Å²) in [5.74, 6) is 0.194. The van der Waals surface area contributed by atoms with Crippen LogP contribution < -0.4 is 9.47 Å². The molecular formula is C15H19NO5. The van der Waals surface area contributed by atoms with Gasteiger partial charge in [0.2, 0.25) is 5.91 Å². The Hall–Kier alpha value is -2.24. The fourth-order valence-electron chi connectivity index (χ4n) is 2.41. The molecule has 1 atom stereocenters. The molecule has 1 heterocycles. The SMILES string of the molecule is COc1cccc(OCCC(=O)N2CCCC2C(=O)O)c1. The fourth-order valence-corrected chi connectivity index (χ4v) is 2.41. The van der Waals surface area contributed by atoms with Gasteiger partial charge in [-0.3, -0.25) is 4.79 Å². The van der Waals surface area contributed by atoms with Gasteiger partial charge in [-0.05, 0) is 25.0 Å². The van der Waals surface area contributed by atoms with E-state index in [2.05, 4.69) is 0 Å². The second kappa shape index (κ2) is 6.97. The van der Waals surface area contributed by atoms with E-state index in [-0.39, 0.29) is 18.9 Å². The predicted octanol–water partition coefficient (Wildman–Crippen LogP) is 1.54. The van der Waals surface area contributed by atoms with E-state index in [0.717, 1.165) is 6.42 Å². The van der Waals surface area contributed by atoms with E-state index < -0.39 is 12.0 Å². The van der Waals surface area contributed by atoms with E-state index in [1.807, 2.05) is 0 Å². The summed E-state index contributed by atoms with van der Waals surface area (Å²) < 4.78 is 10.6. The highest BCUT2D eigenvalue weighted by Gasteiger charge is 2.33. The molecule has 1 aromatic carbocycles. The first-order valence-electron chi connectivity index (χ1n) is 6.91. The number of carboxylic acid groups (broad SMARTS) is 1. The average molecular weight is 293 g/mol. The number of ether oxygens (including phenoxy) is 2. The molecule has 1 aromatic rings. The van der Waals surface area contributed by atoms with Crippen LogP contribution in [0.2, 0.25) is 0 Å². The molecule has 0 spiro atoms. The Morgan fingerprint density at radius 2 is 2.14 bits per heavy atom. The molecule has 2 rings (SSSR count). The Labute approximate surface area is 123 Å². The van der Waals surface area contributed by atoms with Crippen LogP contribution in [0.1, 0.15) is 19.3 Å². The molecule has 0 radical (unpaired) electrons. The minimum Gasteiger partial charge on any atom is -0.497 e. The maximum absolute atomic E-state index is 12.0. The summed E-state index contributed by atoms with van der Waals surface area (Å²) >= 11 is 0. The van der Waals surface area contributed by atoms with Gasteiger partial charge in [0.15, 0.2) is 0 Å². The Balaban J connectivity index is 1.82. The zero-order valence-corrected chi connectivity index (χ0v) is 11.9. The van der Waals surface area contributed by atoms with Gasteiger partial charge >= 0.3 is 5.97 Å². The van der Waals surface area contributed by atoms with Crippen molar-refractivity contribution in [3.63, 3.8) is 0 Å². The van der Waals surface area contributed by atoms with Crippen LogP contribution >= 0.6 is 0 Å². The second-order valence-corrected chi connectivity index (χ2v) is 4.86. The van der Waals surface area contributed by atoms with Gasteiger partial charge in [0, 0.05) is 12.6 Å². The topological polar surface area (TPSA) is 76.1 Å². The number of hydrogen-bond donors (Lipinski definition) is 1. The summed E-state index contributed by atoms with van der Waals surface area (Å²) in [6.07, 6.45) is 1.43. The molecule has 21 heavy (non-hydrogen) atoms. The smallest absolute Gasteiger partial charge is 0.326 e. The Kier molecular flexibility index (Phi) is 5.03. The van der Waals surface area contributed by atoms with Crippen LogP contribution in [-0.4, -0.2) is 48.2 Å². The van der Waals surface area contributed by atoms with Crippen LogP contribution in [-0.2, 0) is 9.59 Å². The first-order chi connectivity index (χ1) is 10.1. The number of aliphatic carboxylic acids is 1. The molecule has 6 nitrogen and oxygen atoms in total. The standard InChI is InChI=1S/C15H19NO5/c1-20-11-4-2-5-12(10-11)21-9-7-14(17)16-8-3-6-13(16)15(18)19/h2,4-5,10,13H,3,6-9H2,1H3,(H,18,19). The minimum atomic E-state index is -0.936. The van der Waals surface area contributed by atoms with Gasteiger partial charge in [-0.2, -0.15) is 0 Å². The third-order valence-electron chi connectivity index (χ3n) is 3.48. The van der Waals surface area contributed by atoms with E-state index in [1.54, 1.807) is 31.4 Å². The van der Waals surface area contributed by atoms with Crippen LogP contribution in [0, 0.1) is 0 Å². The lowest BCUT2D eigenvalue weighted by molar-refractivity contribution is -0.148. The summed E-state index contributed by atoms with van der Waals surface area (Å²) in [4.78, 5) is 24.5. The molecular weight excluding hydrogens is 274 g/mol. The molecule has 1 fully saturated rings. The number of carboxylic acids is 1. The Morgan fingerprint density at radius 3 is 2.86 bits per heavy atom. The van der Waals surface area contributed by atoms with Crippen molar-refractivity contribution >= 4 is 11.9 Å². The van der Waals surface area contributed by atoms with Crippen LogP contribution in [0.3, 0.4) is 0 Å². The number of rotatable bonds is 6. The van der Waals surface area contributed by atoms with Crippen LogP contribution in [0.15, 0.2) is 24.3 Å². The van der Waals surface area contributed by atoms with Crippen molar-refractivity contribution in [2.75, 3.05) is 20.3 Å². The Bertz CT molecular complexity index is 517. The molecule has 1 aliphatic rings. The van der Waals surface area contributed by atoms with Gasteiger partial charge in [0.25, 0.3) is 0 Å². The predicted molar refractivity (Wildman–Crippen MR) is 75.5 cm³/mol. The molecule has 0 bridgehead atoms. The molecule has 6 heteroatoms. The van der Waals surface area contributed by atoms with Crippen molar-refractivity contribution in [1.29, 1.82) is 0 Å². The van der Waals surface area contributed by atoms with E-state index in [0.29, 0.717) is 24.5 Å². The highest BCUT2D eigenvalue weighted by molar-refractivity contribution is 5.84. The van der Waals surface area contributed by atoms with Gasteiger partial charge in [-0.25, -0.2) is 4.79 Å². The number of carbonyl (C=O) groups is 2. The number of amides is 1. The summed E-state index contributed by atoms with van der Waals surface area (Å²) in [5.41, 5.74) is 0. The van der Waals surface area contributed by atoms with E-state index in [1.165, 1.54) is 4.90 Å². The normalized spacial score (nSPS) is 17.6. The van der Waals surface area contributed by atoms with Crippen LogP contribution in [0.4, 0.5) is 0 Å². The van der Waals surface area contributed by atoms with Gasteiger partial charge in [-0.15, -0.1) is 0 Å². The van der Waals surface area contributed by atoms with Crippen molar-refractivity contribution in [3.8, 4) is 11.5 Å². The molecule has 1 amide bonds. The summed E-state index contributed by atoms with van der Waals surface area (Å²) in [6.45, 7) is 0.726. The molecule has 1 aliphatic heterocycles. The number of hydrogen-bond acceptors (Lipinski definition) is 4. The van der Waals surface area contributed by atoms with E-state index >= 15 is 0 Å². The molecule has 1 unspecified atom stereocenters. The van der Waals surface area contributed by atoms with E-state index in [9.17, 15) is 9.59 Å². The van der Waals surface area contributed by atoms with Gasteiger partial charge in [0.1, 0.15) is 17.5 Å². The fraction of sp³-hybridized carbons (Fsp3) is 0.467. The van der Waals surface area contributed by atoms with Crippen LogP contribution in [0.5, 0.6) is 11.5 Å². The monoisotopic (exact) mass is 293 g/mol. The number of carbonyl (C=O) groups excluding carboxylic acids is 1.